The predicted octanol–water partition coefficient (Wildman–Crippen LogP) is 4.16. The lowest BCUT2D eigenvalue weighted by atomic mass is 10.1. The van der Waals surface area contributed by atoms with Crippen LogP contribution in [0.25, 0.3) is 6.08 Å². The fourth-order valence-corrected chi connectivity index (χ4v) is 1.89. The summed E-state index contributed by atoms with van der Waals surface area (Å²) in [6.07, 6.45) is 3.37. The molecule has 0 unspecified atom stereocenters. The quantitative estimate of drug-likeness (QED) is 0.855. The van der Waals surface area contributed by atoms with E-state index < -0.39 is 0 Å². The molecular formula is C14H20BrN. The first kappa shape index (κ1) is 13.5. The van der Waals surface area contributed by atoms with Gasteiger partial charge in [0.05, 0.1) is 0 Å². The average molecular weight is 282 g/mol. The topological polar surface area (TPSA) is 12.0 Å². The molecule has 1 aromatic carbocycles. The maximum Gasteiger partial charge on any atom is 0.0210 e. The van der Waals surface area contributed by atoms with Crippen LogP contribution >= 0.6 is 15.9 Å². The molecule has 2 heteroatoms. The van der Waals surface area contributed by atoms with Crippen molar-refractivity contribution in [3.8, 4) is 0 Å². The monoisotopic (exact) mass is 281 g/mol. The van der Waals surface area contributed by atoms with Crippen LogP contribution in [-0.4, -0.2) is 13.1 Å². The number of hydrogen-bond donors (Lipinski definition) is 1. The number of likely N-dealkylation sites (N-methyl/N-ethyl adjacent to an activating group) is 1. The van der Waals surface area contributed by atoms with Gasteiger partial charge in [-0.25, -0.2) is 0 Å². The van der Waals surface area contributed by atoms with Crippen LogP contribution < -0.4 is 5.32 Å². The summed E-state index contributed by atoms with van der Waals surface area (Å²) in [6.45, 7) is 8.45. The van der Waals surface area contributed by atoms with E-state index in [1.54, 1.807) is 0 Å². The normalized spacial score (nSPS) is 11.9. The molecule has 0 aliphatic carbocycles. The lowest BCUT2D eigenvalue weighted by Gasteiger charge is -2.06. The van der Waals surface area contributed by atoms with Crippen LogP contribution in [0.4, 0.5) is 0 Å². The number of halogens is 1. The van der Waals surface area contributed by atoms with Gasteiger partial charge in [0.25, 0.3) is 0 Å². The molecule has 0 aliphatic rings. The Labute approximate surface area is 107 Å². The van der Waals surface area contributed by atoms with Crippen molar-refractivity contribution in [3.05, 3.63) is 39.4 Å². The third-order valence-corrected chi connectivity index (χ3v) is 3.48. The maximum atomic E-state index is 3.57. The van der Waals surface area contributed by atoms with Crippen molar-refractivity contribution in [1.82, 2.24) is 5.32 Å². The SMILES string of the molecule is CCNC/C(=C/c1ccc(C)c(Br)c1)CC. The minimum Gasteiger partial charge on any atom is -0.313 e. The van der Waals surface area contributed by atoms with E-state index in [0.717, 1.165) is 19.5 Å². The first-order valence-electron chi connectivity index (χ1n) is 5.83. The van der Waals surface area contributed by atoms with Crippen LogP contribution in [0.2, 0.25) is 0 Å². The molecule has 1 N–H and O–H groups in total. The molecule has 16 heavy (non-hydrogen) atoms. The molecule has 0 fully saturated rings. The molecule has 0 aromatic heterocycles. The van der Waals surface area contributed by atoms with E-state index in [9.17, 15) is 0 Å². The van der Waals surface area contributed by atoms with Gasteiger partial charge >= 0.3 is 0 Å². The van der Waals surface area contributed by atoms with Gasteiger partial charge < -0.3 is 5.32 Å². The Bertz CT molecular complexity index is 369. The number of nitrogens with one attached hydrogen (secondary N) is 1. The molecule has 0 saturated carbocycles. The molecule has 0 spiro atoms. The smallest absolute Gasteiger partial charge is 0.0210 e. The second-order valence-corrected chi connectivity index (χ2v) is 4.80. The third kappa shape index (κ3) is 4.11. The van der Waals surface area contributed by atoms with Gasteiger partial charge in [-0.2, -0.15) is 0 Å². The van der Waals surface area contributed by atoms with E-state index in [1.165, 1.54) is 21.2 Å². The zero-order chi connectivity index (χ0) is 12.0. The summed E-state index contributed by atoms with van der Waals surface area (Å²) >= 11 is 3.57. The molecule has 0 amide bonds. The van der Waals surface area contributed by atoms with Gasteiger partial charge in [-0.1, -0.05) is 53.6 Å². The van der Waals surface area contributed by atoms with Crippen molar-refractivity contribution >= 4 is 22.0 Å². The molecule has 1 nitrogen and oxygen atoms in total. The molecule has 0 aliphatic heterocycles. The van der Waals surface area contributed by atoms with Crippen LogP contribution in [0.3, 0.4) is 0 Å². The molecule has 1 aromatic rings. The highest BCUT2D eigenvalue weighted by Crippen LogP contribution is 2.19. The zero-order valence-electron chi connectivity index (χ0n) is 10.3. The number of rotatable bonds is 5. The number of aryl methyl sites for hydroxylation is 1. The van der Waals surface area contributed by atoms with Gasteiger partial charge in [0.15, 0.2) is 0 Å². The van der Waals surface area contributed by atoms with Crippen LogP contribution in [-0.2, 0) is 0 Å². The lowest BCUT2D eigenvalue weighted by Crippen LogP contribution is -2.15. The Balaban J connectivity index is 2.82. The Morgan fingerprint density at radius 3 is 2.69 bits per heavy atom. The predicted molar refractivity (Wildman–Crippen MR) is 75.7 cm³/mol. The molecule has 1 rings (SSSR count). The highest BCUT2D eigenvalue weighted by molar-refractivity contribution is 9.10. The minimum atomic E-state index is 0.985. The van der Waals surface area contributed by atoms with Gasteiger partial charge in [0, 0.05) is 11.0 Å². The molecule has 0 saturated heterocycles. The van der Waals surface area contributed by atoms with E-state index in [4.69, 9.17) is 0 Å². The summed E-state index contributed by atoms with van der Waals surface area (Å²) in [5, 5.41) is 3.37. The fraction of sp³-hybridized carbons (Fsp3) is 0.429. The zero-order valence-corrected chi connectivity index (χ0v) is 11.9. The summed E-state index contributed by atoms with van der Waals surface area (Å²) in [5.74, 6) is 0. The van der Waals surface area contributed by atoms with E-state index in [2.05, 4.69) is 66.3 Å². The van der Waals surface area contributed by atoms with Gasteiger partial charge in [-0.15, -0.1) is 0 Å². The van der Waals surface area contributed by atoms with Crippen LogP contribution in [0.1, 0.15) is 31.4 Å². The van der Waals surface area contributed by atoms with Gasteiger partial charge in [-0.05, 0) is 37.1 Å². The highest BCUT2D eigenvalue weighted by atomic mass is 79.9. The first-order valence-corrected chi connectivity index (χ1v) is 6.63. The van der Waals surface area contributed by atoms with Crippen molar-refractivity contribution in [2.24, 2.45) is 0 Å². The molecule has 0 atom stereocenters. The van der Waals surface area contributed by atoms with Crippen molar-refractivity contribution in [3.63, 3.8) is 0 Å². The molecule has 0 radical (unpaired) electrons. The Kier molecular flexibility index (Phi) is 5.78. The summed E-state index contributed by atoms with van der Waals surface area (Å²) in [4.78, 5) is 0. The van der Waals surface area contributed by atoms with Crippen molar-refractivity contribution < 1.29 is 0 Å². The molecular weight excluding hydrogens is 262 g/mol. The number of hydrogen-bond acceptors (Lipinski definition) is 1. The third-order valence-electron chi connectivity index (χ3n) is 2.62. The largest absolute Gasteiger partial charge is 0.313 e. The first-order chi connectivity index (χ1) is 7.67. The Morgan fingerprint density at radius 1 is 1.38 bits per heavy atom. The van der Waals surface area contributed by atoms with E-state index in [0.29, 0.717) is 0 Å². The van der Waals surface area contributed by atoms with E-state index in [-0.39, 0.29) is 0 Å². The summed E-state index contributed by atoms with van der Waals surface area (Å²) in [7, 11) is 0. The van der Waals surface area contributed by atoms with Crippen molar-refractivity contribution in [1.29, 1.82) is 0 Å². The van der Waals surface area contributed by atoms with E-state index >= 15 is 0 Å². The summed E-state index contributed by atoms with van der Waals surface area (Å²) in [5.41, 5.74) is 3.99. The fourth-order valence-electron chi connectivity index (χ4n) is 1.50. The Hall–Kier alpha value is -0.600. The standard InChI is InChI=1S/C14H20BrN/c1-4-12(10-16-5-2)8-13-7-6-11(3)14(15)9-13/h6-9,16H,4-5,10H2,1-3H3/b12-8+. The molecule has 0 bridgehead atoms. The average Bonchev–Trinajstić information content (AvgIpc) is 2.29. The minimum absolute atomic E-state index is 0.985. The van der Waals surface area contributed by atoms with Crippen LogP contribution in [0.15, 0.2) is 28.2 Å². The maximum absolute atomic E-state index is 3.57. The second kappa shape index (κ2) is 6.87. The second-order valence-electron chi connectivity index (χ2n) is 3.95. The Morgan fingerprint density at radius 2 is 2.12 bits per heavy atom. The van der Waals surface area contributed by atoms with Gasteiger partial charge in [-0.3, -0.25) is 0 Å². The van der Waals surface area contributed by atoms with Crippen molar-refractivity contribution in [2.75, 3.05) is 13.1 Å². The highest BCUT2D eigenvalue weighted by Gasteiger charge is 1.98. The lowest BCUT2D eigenvalue weighted by molar-refractivity contribution is 0.762. The molecule has 88 valence electrons. The van der Waals surface area contributed by atoms with Gasteiger partial charge in [0.1, 0.15) is 0 Å². The summed E-state index contributed by atoms with van der Waals surface area (Å²) < 4.78 is 1.18. The van der Waals surface area contributed by atoms with Crippen LogP contribution in [0.5, 0.6) is 0 Å². The number of benzene rings is 1. The molecule has 0 heterocycles. The van der Waals surface area contributed by atoms with Crippen LogP contribution in [0, 0.1) is 6.92 Å². The van der Waals surface area contributed by atoms with Crippen molar-refractivity contribution in [2.45, 2.75) is 27.2 Å². The van der Waals surface area contributed by atoms with Gasteiger partial charge in [0.2, 0.25) is 0 Å². The van der Waals surface area contributed by atoms with E-state index in [1.807, 2.05) is 0 Å². The summed E-state index contributed by atoms with van der Waals surface area (Å²) in [6, 6.07) is 6.50.